The van der Waals surface area contributed by atoms with E-state index in [0.29, 0.717) is 5.92 Å². The third-order valence-corrected chi connectivity index (χ3v) is 3.18. The number of nitrogens with one attached hydrogen (secondary N) is 1. The zero-order valence-electron chi connectivity index (χ0n) is 12.9. The van der Waals surface area contributed by atoms with Crippen LogP contribution in [0.1, 0.15) is 45.6 Å². The van der Waals surface area contributed by atoms with E-state index < -0.39 is 0 Å². The van der Waals surface area contributed by atoms with Crippen LogP contribution in [0.5, 0.6) is 0 Å². The third kappa shape index (κ3) is 6.58. The van der Waals surface area contributed by atoms with E-state index in [-0.39, 0.29) is 0 Å². The van der Waals surface area contributed by atoms with E-state index in [1.54, 1.807) is 0 Å². The van der Waals surface area contributed by atoms with Crippen LogP contribution in [0.25, 0.3) is 0 Å². The Labute approximate surface area is 118 Å². The minimum Gasteiger partial charge on any atom is -0.360 e. The number of nitrogens with zero attached hydrogens (tertiary/aromatic N) is 2. The molecule has 1 aromatic rings. The van der Waals surface area contributed by atoms with Crippen molar-refractivity contribution in [3.05, 3.63) is 23.9 Å². The van der Waals surface area contributed by atoms with Gasteiger partial charge in [0.05, 0.1) is 0 Å². The van der Waals surface area contributed by atoms with E-state index in [4.69, 9.17) is 0 Å². The maximum atomic E-state index is 4.46. The van der Waals surface area contributed by atoms with Crippen molar-refractivity contribution in [3.63, 3.8) is 0 Å². The SMILES string of the molecule is CCCCCN(C)c1cc(CNCC(C)C)ccn1. The Kier molecular flexibility index (Phi) is 7.49. The highest BCUT2D eigenvalue weighted by molar-refractivity contribution is 5.39. The second-order valence-corrected chi connectivity index (χ2v) is 5.68. The second-order valence-electron chi connectivity index (χ2n) is 5.68. The summed E-state index contributed by atoms with van der Waals surface area (Å²) < 4.78 is 0. The van der Waals surface area contributed by atoms with Gasteiger partial charge in [-0.3, -0.25) is 0 Å². The first-order chi connectivity index (χ1) is 9.13. The topological polar surface area (TPSA) is 28.2 Å². The summed E-state index contributed by atoms with van der Waals surface area (Å²) in [5, 5.41) is 3.47. The maximum absolute atomic E-state index is 4.46. The first kappa shape index (κ1) is 16.0. The molecule has 1 heterocycles. The summed E-state index contributed by atoms with van der Waals surface area (Å²) in [6.45, 7) is 9.77. The molecule has 3 nitrogen and oxygen atoms in total. The van der Waals surface area contributed by atoms with Crippen LogP contribution in [0.4, 0.5) is 5.82 Å². The Balaban J connectivity index is 2.46. The number of pyridine rings is 1. The van der Waals surface area contributed by atoms with E-state index in [1.807, 2.05) is 6.20 Å². The summed E-state index contributed by atoms with van der Waals surface area (Å²) in [6, 6.07) is 4.29. The molecule has 0 aliphatic heterocycles. The van der Waals surface area contributed by atoms with Crippen molar-refractivity contribution in [2.75, 3.05) is 25.0 Å². The molecule has 1 rings (SSSR count). The number of anilines is 1. The molecule has 19 heavy (non-hydrogen) atoms. The molecule has 0 aromatic carbocycles. The lowest BCUT2D eigenvalue weighted by atomic mass is 10.2. The Hall–Kier alpha value is -1.09. The van der Waals surface area contributed by atoms with Gasteiger partial charge in [-0.05, 0) is 36.6 Å². The van der Waals surface area contributed by atoms with Crippen molar-refractivity contribution in [2.24, 2.45) is 5.92 Å². The molecule has 0 aliphatic rings. The van der Waals surface area contributed by atoms with Crippen LogP contribution in [-0.4, -0.2) is 25.1 Å². The number of hydrogen-bond acceptors (Lipinski definition) is 3. The lowest BCUT2D eigenvalue weighted by Crippen LogP contribution is -2.21. The predicted octanol–water partition coefficient (Wildman–Crippen LogP) is 3.45. The fourth-order valence-electron chi connectivity index (χ4n) is 2.00. The first-order valence-corrected chi connectivity index (χ1v) is 7.50. The summed E-state index contributed by atoms with van der Waals surface area (Å²) in [4.78, 5) is 6.71. The van der Waals surface area contributed by atoms with Crippen molar-refractivity contribution in [1.82, 2.24) is 10.3 Å². The zero-order valence-corrected chi connectivity index (χ0v) is 12.9. The minimum atomic E-state index is 0.693. The van der Waals surface area contributed by atoms with Gasteiger partial charge in [0, 0.05) is 26.3 Å². The van der Waals surface area contributed by atoms with Crippen molar-refractivity contribution < 1.29 is 0 Å². The van der Waals surface area contributed by atoms with Crippen LogP contribution >= 0.6 is 0 Å². The predicted molar refractivity (Wildman–Crippen MR) is 83.6 cm³/mol. The van der Waals surface area contributed by atoms with Crippen LogP contribution in [0.15, 0.2) is 18.3 Å². The zero-order chi connectivity index (χ0) is 14.1. The molecule has 1 N–H and O–H groups in total. The monoisotopic (exact) mass is 263 g/mol. The highest BCUT2D eigenvalue weighted by Gasteiger charge is 2.03. The molecular formula is C16H29N3. The molecule has 0 fully saturated rings. The van der Waals surface area contributed by atoms with Gasteiger partial charge in [-0.25, -0.2) is 4.98 Å². The lowest BCUT2D eigenvalue weighted by molar-refractivity contribution is 0.552. The molecule has 0 aliphatic carbocycles. The quantitative estimate of drug-likeness (QED) is 0.692. The van der Waals surface area contributed by atoms with Crippen LogP contribution in [-0.2, 0) is 6.54 Å². The summed E-state index contributed by atoms with van der Waals surface area (Å²) in [5.41, 5.74) is 1.31. The van der Waals surface area contributed by atoms with Gasteiger partial charge < -0.3 is 10.2 Å². The van der Waals surface area contributed by atoms with E-state index in [0.717, 1.165) is 25.5 Å². The van der Waals surface area contributed by atoms with Gasteiger partial charge in [0.25, 0.3) is 0 Å². The summed E-state index contributed by atoms with van der Waals surface area (Å²) in [5.74, 6) is 1.78. The van der Waals surface area contributed by atoms with Gasteiger partial charge in [0.2, 0.25) is 0 Å². The maximum Gasteiger partial charge on any atom is 0.128 e. The molecule has 0 unspecified atom stereocenters. The number of hydrogen-bond donors (Lipinski definition) is 1. The Bertz CT molecular complexity index is 350. The van der Waals surface area contributed by atoms with Crippen molar-refractivity contribution in [3.8, 4) is 0 Å². The molecule has 3 heteroatoms. The standard InChI is InChI=1S/C16H29N3/c1-5-6-7-10-19(4)16-11-15(8-9-18-16)13-17-12-14(2)3/h8-9,11,14,17H,5-7,10,12-13H2,1-4H3. The molecule has 108 valence electrons. The fourth-order valence-corrected chi connectivity index (χ4v) is 2.00. The highest BCUT2D eigenvalue weighted by Crippen LogP contribution is 2.12. The molecule has 0 radical (unpaired) electrons. The van der Waals surface area contributed by atoms with Gasteiger partial charge >= 0.3 is 0 Å². The number of aromatic nitrogens is 1. The summed E-state index contributed by atoms with van der Waals surface area (Å²) in [6.07, 6.45) is 5.71. The Morgan fingerprint density at radius 2 is 2.11 bits per heavy atom. The molecule has 0 amide bonds. The second kappa shape index (κ2) is 8.92. The van der Waals surface area contributed by atoms with Gasteiger partial charge in [-0.2, -0.15) is 0 Å². The number of rotatable bonds is 9. The van der Waals surface area contributed by atoms with E-state index >= 15 is 0 Å². The average Bonchev–Trinajstić information content (AvgIpc) is 2.39. The molecular weight excluding hydrogens is 234 g/mol. The van der Waals surface area contributed by atoms with Crippen molar-refractivity contribution >= 4 is 5.82 Å². The largest absolute Gasteiger partial charge is 0.360 e. The van der Waals surface area contributed by atoms with Gasteiger partial charge in [0.1, 0.15) is 5.82 Å². The average molecular weight is 263 g/mol. The Morgan fingerprint density at radius 3 is 2.79 bits per heavy atom. The molecule has 1 aromatic heterocycles. The van der Waals surface area contributed by atoms with E-state index in [9.17, 15) is 0 Å². The minimum absolute atomic E-state index is 0.693. The Morgan fingerprint density at radius 1 is 1.32 bits per heavy atom. The fraction of sp³-hybridized carbons (Fsp3) is 0.688. The highest BCUT2D eigenvalue weighted by atomic mass is 15.2. The summed E-state index contributed by atoms with van der Waals surface area (Å²) >= 11 is 0. The van der Waals surface area contributed by atoms with Gasteiger partial charge in [-0.1, -0.05) is 33.6 Å². The molecule has 0 saturated heterocycles. The molecule has 0 saturated carbocycles. The van der Waals surface area contributed by atoms with E-state index in [2.05, 4.69) is 55.2 Å². The van der Waals surface area contributed by atoms with Crippen LogP contribution in [0, 0.1) is 5.92 Å². The van der Waals surface area contributed by atoms with Gasteiger partial charge in [0.15, 0.2) is 0 Å². The van der Waals surface area contributed by atoms with Crippen molar-refractivity contribution in [2.45, 2.75) is 46.6 Å². The molecule has 0 bridgehead atoms. The number of unbranched alkanes of at least 4 members (excludes halogenated alkanes) is 2. The smallest absolute Gasteiger partial charge is 0.128 e. The normalized spacial score (nSPS) is 11.0. The van der Waals surface area contributed by atoms with Crippen LogP contribution in [0.3, 0.4) is 0 Å². The van der Waals surface area contributed by atoms with Crippen molar-refractivity contribution in [1.29, 1.82) is 0 Å². The lowest BCUT2D eigenvalue weighted by Gasteiger charge is -2.18. The molecule has 0 atom stereocenters. The third-order valence-electron chi connectivity index (χ3n) is 3.18. The van der Waals surface area contributed by atoms with Gasteiger partial charge in [-0.15, -0.1) is 0 Å². The summed E-state index contributed by atoms with van der Waals surface area (Å²) in [7, 11) is 2.13. The van der Waals surface area contributed by atoms with Crippen LogP contribution < -0.4 is 10.2 Å². The van der Waals surface area contributed by atoms with E-state index in [1.165, 1.54) is 24.8 Å². The van der Waals surface area contributed by atoms with Crippen LogP contribution in [0.2, 0.25) is 0 Å². The molecule has 0 spiro atoms. The first-order valence-electron chi connectivity index (χ1n) is 7.50.